The molecule has 0 atom stereocenters. The minimum atomic E-state index is -1.14. The zero-order valence-corrected chi connectivity index (χ0v) is 11.4. The van der Waals surface area contributed by atoms with Gasteiger partial charge in [-0.2, -0.15) is 0 Å². The molecular weight excluding hydrogens is 272 g/mol. The van der Waals surface area contributed by atoms with E-state index in [0.717, 1.165) is 11.0 Å². The molecule has 2 aromatic heterocycles. The summed E-state index contributed by atoms with van der Waals surface area (Å²) in [7, 11) is 0. The maximum atomic E-state index is 12.5. The van der Waals surface area contributed by atoms with Gasteiger partial charge in [0.05, 0.1) is 23.8 Å². The van der Waals surface area contributed by atoms with Crippen molar-refractivity contribution in [2.24, 2.45) is 0 Å². The molecule has 1 N–H and O–H groups in total. The van der Waals surface area contributed by atoms with Crippen LogP contribution in [0.3, 0.4) is 0 Å². The highest BCUT2D eigenvalue weighted by atomic mass is 16.4. The second kappa shape index (κ2) is 4.97. The van der Waals surface area contributed by atoms with E-state index in [9.17, 15) is 9.59 Å². The number of benzene rings is 1. The number of rotatable bonds is 4. The number of para-hydroxylation sites is 2. The lowest BCUT2D eigenvalue weighted by molar-refractivity contribution is 0.0660. The summed E-state index contributed by atoms with van der Waals surface area (Å²) in [5.41, 5.74) is 1.94. The number of carbonyl (C=O) groups is 1. The molecule has 3 rings (SSSR count). The van der Waals surface area contributed by atoms with Gasteiger partial charge in [-0.25, -0.2) is 9.59 Å². The Balaban J connectivity index is 2.17. The number of carboxylic acids is 1. The van der Waals surface area contributed by atoms with E-state index in [1.54, 1.807) is 15.2 Å². The number of aryl methyl sites for hydroxylation is 1. The molecule has 0 saturated heterocycles. The summed E-state index contributed by atoms with van der Waals surface area (Å²) in [6.45, 7) is 2.63. The predicted octanol–water partition coefficient (Wildman–Crippen LogP) is 2.16. The largest absolute Gasteiger partial charge is 0.475 e. The van der Waals surface area contributed by atoms with E-state index in [0.29, 0.717) is 12.1 Å². The first kappa shape index (κ1) is 13.2. The zero-order valence-electron chi connectivity index (χ0n) is 11.4. The summed E-state index contributed by atoms with van der Waals surface area (Å²) in [6, 6.07) is 9.03. The van der Waals surface area contributed by atoms with Gasteiger partial charge in [0.2, 0.25) is 5.76 Å². The number of aromatic nitrogens is 2. The summed E-state index contributed by atoms with van der Waals surface area (Å²) < 4.78 is 8.19. The second-order valence-corrected chi connectivity index (χ2v) is 4.68. The van der Waals surface area contributed by atoms with Crippen molar-refractivity contribution < 1.29 is 14.3 Å². The highest BCUT2D eigenvalue weighted by Crippen LogP contribution is 2.17. The Labute approximate surface area is 119 Å². The summed E-state index contributed by atoms with van der Waals surface area (Å²) >= 11 is 0. The topological polar surface area (TPSA) is 77.4 Å². The first-order valence-corrected chi connectivity index (χ1v) is 6.61. The van der Waals surface area contributed by atoms with Crippen molar-refractivity contribution in [3.8, 4) is 0 Å². The number of hydrogen-bond acceptors (Lipinski definition) is 3. The SMILES string of the molecule is CCn1c(=O)n(Cc2ccoc2C(=O)O)c2ccccc21. The second-order valence-electron chi connectivity index (χ2n) is 4.68. The molecule has 0 fully saturated rings. The van der Waals surface area contributed by atoms with Gasteiger partial charge in [0, 0.05) is 12.1 Å². The average molecular weight is 286 g/mol. The van der Waals surface area contributed by atoms with Crippen LogP contribution in [0.2, 0.25) is 0 Å². The van der Waals surface area contributed by atoms with Gasteiger partial charge in [-0.15, -0.1) is 0 Å². The maximum Gasteiger partial charge on any atom is 0.372 e. The van der Waals surface area contributed by atoms with Crippen LogP contribution >= 0.6 is 0 Å². The van der Waals surface area contributed by atoms with E-state index in [1.165, 1.54) is 6.26 Å². The van der Waals surface area contributed by atoms with Crippen LogP contribution in [-0.2, 0) is 13.1 Å². The van der Waals surface area contributed by atoms with E-state index in [4.69, 9.17) is 9.52 Å². The summed E-state index contributed by atoms with van der Waals surface area (Å²) in [4.78, 5) is 23.6. The summed E-state index contributed by atoms with van der Waals surface area (Å²) in [6.07, 6.45) is 1.32. The average Bonchev–Trinajstić information content (AvgIpc) is 3.03. The molecule has 0 aliphatic carbocycles. The lowest BCUT2D eigenvalue weighted by atomic mass is 10.2. The fraction of sp³-hybridized carbons (Fsp3) is 0.200. The van der Waals surface area contributed by atoms with Crippen molar-refractivity contribution in [1.29, 1.82) is 0 Å². The number of imidazole rings is 1. The minimum absolute atomic E-state index is 0.129. The van der Waals surface area contributed by atoms with Crippen LogP contribution in [0.25, 0.3) is 11.0 Å². The van der Waals surface area contributed by atoms with Crippen molar-refractivity contribution >= 4 is 17.0 Å². The number of aromatic carboxylic acids is 1. The summed E-state index contributed by atoms with van der Waals surface area (Å²) in [5, 5.41) is 9.08. The van der Waals surface area contributed by atoms with Crippen LogP contribution in [0.5, 0.6) is 0 Å². The smallest absolute Gasteiger partial charge is 0.372 e. The van der Waals surface area contributed by atoms with Gasteiger partial charge >= 0.3 is 11.7 Å². The quantitative estimate of drug-likeness (QED) is 0.797. The molecule has 6 nitrogen and oxygen atoms in total. The van der Waals surface area contributed by atoms with Gasteiger partial charge < -0.3 is 9.52 Å². The molecule has 0 aliphatic rings. The number of hydrogen-bond donors (Lipinski definition) is 1. The van der Waals surface area contributed by atoms with E-state index >= 15 is 0 Å². The molecule has 0 radical (unpaired) electrons. The van der Waals surface area contributed by atoms with E-state index in [-0.39, 0.29) is 18.0 Å². The molecule has 21 heavy (non-hydrogen) atoms. The van der Waals surface area contributed by atoms with Crippen LogP contribution in [0.1, 0.15) is 23.0 Å². The molecule has 0 amide bonds. The van der Waals surface area contributed by atoms with Gasteiger partial charge in [-0.1, -0.05) is 12.1 Å². The predicted molar refractivity (Wildman–Crippen MR) is 76.6 cm³/mol. The fourth-order valence-electron chi connectivity index (χ4n) is 2.55. The fourth-order valence-corrected chi connectivity index (χ4v) is 2.55. The van der Waals surface area contributed by atoms with Gasteiger partial charge in [-0.05, 0) is 25.1 Å². The number of carboxylic acid groups (broad SMARTS) is 1. The Morgan fingerprint density at radius 2 is 1.86 bits per heavy atom. The van der Waals surface area contributed by atoms with Crippen LogP contribution in [0.15, 0.2) is 45.8 Å². The normalized spacial score (nSPS) is 11.1. The first-order chi connectivity index (χ1) is 10.1. The monoisotopic (exact) mass is 286 g/mol. The maximum absolute atomic E-state index is 12.5. The molecule has 0 bridgehead atoms. The van der Waals surface area contributed by atoms with E-state index in [2.05, 4.69) is 0 Å². The van der Waals surface area contributed by atoms with Gasteiger partial charge in [-0.3, -0.25) is 9.13 Å². The van der Waals surface area contributed by atoms with Gasteiger partial charge in [0.15, 0.2) is 0 Å². The van der Waals surface area contributed by atoms with Crippen molar-refractivity contribution in [1.82, 2.24) is 9.13 Å². The molecule has 6 heteroatoms. The Kier molecular flexibility index (Phi) is 3.13. The lowest BCUT2D eigenvalue weighted by Gasteiger charge is -2.02. The number of nitrogens with zero attached hydrogens (tertiary/aromatic N) is 2. The minimum Gasteiger partial charge on any atom is -0.475 e. The molecule has 108 valence electrons. The number of furan rings is 1. The Bertz CT molecular complexity index is 869. The number of fused-ring (bicyclic) bond motifs is 1. The molecular formula is C15H14N2O4. The van der Waals surface area contributed by atoms with Crippen LogP contribution < -0.4 is 5.69 Å². The molecule has 0 saturated carbocycles. The highest BCUT2D eigenvalue weighted by Gasteiger charge is 2.17. The van der Waals surface area contributed by atoms with Crippen molar-refractivity contribution in [3.63, 3.8) is 0 Å². The van der Waals surface area contributed by atoms with Gasteiger partial charge in [0.25, 0.3) is 0 Å². The van der Waals surface area contributed by atoms with Crippen LogP contribution in [-0.4, -0.2) is 20.2 Å². The zero-order chi connectivity index (χ0) is 15.0. The molecule has 0 aliphatic heterocycles. The van der Waals surface area contributed by atoms with Crippen molar-refractivity contribution in [3.05, 3.63) is 58.4 Å². The van der Waals surface area contributed by atoms with Gasteiger partial charge in [0.1, 0.15) is 0 Å². The third kappa shape index (κ3) is 2.05. The molecule has 0 unspecified atom stereocenters. The first-order valence-electron chi connectivity index (χ1n) is 6.61. The Morgan fingerprint density at radius 3 is 2.48 bits per heavy atom. The Morgan fingerprint density at radius 1 is 1.19 bits per heavy atom. The molecule has 1 aromatic carbocycles. The highest BCUT2D eigenvalue weighted by molar-refractivity contribution is 5.86. The molecule has 0 spiro atoms. The van der Waals surface area contributed by atoms with E-state index in [1.807, 2.05) is 31.2 Å². The van der Waals surface area contributed by atoms with Crippen LogP contribution in [0.4, 0.5) is 0 Å². The summed E-state index contributed by atoms with van der Waals surface area (Å²) in [5.74, 6) is -1.27. The third-order valence-corrected chi connectivity index (χ3v) is 3.51. The van der Waals surface area contributed by atoms with Crippen molar-refractivity contribution in [2.45, 2.75) is 20.0 Å². The standard InChI is InChI=1S/C15H14N2O4/c1-2-16-11-5-3-4-6-12(11)17(15(16)20)9-10-7-8-21-13(10)14(18)19/h3-8H,2,9H2,1H3,(H,18,19). The van der Waals surface area contributed by atoms with E-state index < -0.39 is 5.97 Å². The molecule has 2 heterocycles. The third-order valence-electron chi connectivity index (χ3n) is 3.51. The Hall–Kier alpha value is -2.76. The van der Waals surface area contributed by atoms with Crippen LogP contribution in [0, 0.1) is 0 Å². The van der Waals surface area contributed by atoms with Crippen molar-refractivity contribution in [2.75, 3.05) is 0 Å². The molecule has 3 aromatic rings. The lowest BCUT2D eigenvalue weighted by Crippen LogP contribution is -2.24.